The first-order valence-corrected chi connectivity index (χ1v) is 5.72. The Kier molecular flexibility index (Phi) is 4.69. The van der Waals surface area contributed by atoms with Crippen molar-refractivity contribution in [2.24, 2.45) is 5.92 Å². The first-order valence-electron chi connectivity index (χ1n) is 5.35. The summed E-state index contributed by atoms with van der Waals surface area (Å²) in [6.07, 6.45) is 1.62. The first-order chi connectivity index (χ1) is 7.91. The molecule has 1 unspecified atom stereocenters. The molecule has 0 amide bonds. The van der Waals surface area contributed by atoms with Gasteiger partial charge in [0.05, 0.1) is 6.42 Å². The molecule has 0 aliphatic heterocycles. The van der Waals surface area contributed by atoms with Crippen LogP contribution in [0.3, 0.4) is 0 Å². The van der Waals surface area contributed by atoms with E-state index in [2.05, 4.69) is 9.97 Å². The SMILES string of the molecule is CC(C)C(CC(=O)O)N(C)c1ccnc(Cl)n1. The number of carbonyl (C=O) groups is 1. The lowest BCUT2D eigenvalue weighted by atomic mass is 9.99. The summed E-state index contributed by atoms with van der Waals surface area (Å²) in [5, 5.41) is 9.06. The summed E-state index contributed by atoms with van der Waals surface area (Å²) in [5.74, 6) is 0.00509. The number of rotatable bonds is 5. The first kappa shape index (κ1) is 13.7. The number of aliphatic carboxylic acids is 1. The van der Waals surface area contributed by atoms with Crippen LogP contribution in [0, 0.1) is 5.92 Å². The lowest BCUT2D eigenvalue weighted by Crippen LogP contribution is -2.38. The van der Waals surface area contributed by atoms with E-state index >= 15 is 0 Å². The van der Waals surface area contributed by atoms with Gasteiger partial charge >= 0.3 is 5.97 Å². The van der Waals surface area contributed by atoms with Crippen LogP contribution in [0.25, 0.3) is 0 Å². The Hall–Kier alpha value is -1.36. The van der Waals surface area contributed by atoms with Crippen LogP contribution < -0.4 is 4.90 Å². The minimum atomic E-state index is -0.823. The van der Waals surface area contributed by atoms with E-state index in [-0.39, 0.29) is 23.7 Å². The van der Waals surface area contributed by atoms with Crippen molar-refractivity contribution in [3.63, 3.8) is 0 Å². The van der Waals surface area contributed by atoms with Gasteiger partial charge in [0.15, 0.2) is 0 Å². The molecule has 1 heterocycles. The molecule has 94 valence electrons. The van der Waals surface area contributed by atoms with Gasteiger partial charge < -0.3 is 10.0 Å². The monoisotopic (exact) mass is 257 g/mol. The average molecular weight is 258 g/mol. The summed E-state index contributed by atoms with van der Waals surface area (Å²) in [5.41, 5.74) is 0. The van der Waals surface area contributed by atoms with Gasteiger partial charge in [0.2, 0.25) is 5.28 Å². The molecule has 0 bridgehead atoms. The van der Waals surface area contributed by atoms with E-state index in [1.807, 2.05) is 25.8 Å². The number of aromatic nitrogens is 2. The largest absolute Gasteiger partial charge is 0.481 e. The fourth-order valence-corrected chi connectivity index (χ4v) is 1.83. The highest BCUT2D eigenvalue weighted by Gasteiger charge is 2.23. The average Bonchev–Trinajstić information content (AvgIpc) is 2.24. The number of hydrogen-bond donors (Lipinski definition) is 1. The Morgan fingerprint density at radius 1 is 1.59 bits per heavy atom. The Labute approximate surface area is 105 Å². The third kappa shape index (κ3) is 3.85. The number of hydrogen-bond acceptors (Lipinski definition) is 4. The van der Waals surface area contributed by atoms with Crippen LogP contribution in [0.5, 0.6) is 0 Å². The van der Waals surface area contributed by atoms with E-state index in [9.17, 15) is 4.79 Å². The highest BCUT2D eigenvalue weighted by atomic mass is 35.5. The molecule has 0 radical (unpaired) electrons. The van der Waals surface area contributed by atoms with Crippen LogP contribution in [0.2, 0.25) is 5.28 Å². The van der Waals surface area contributed by atoms with Crippen molar-refractivity contribution in [2.75, 3.05) is 11.9 Å². The second-order valence-electron chi connectivity index (χ2n) is 4.20. The molecular formula is C11H16ClN3O2. The van der Waals surface area contributed by atoms with Gasteiger partial charge in [0, 0.05) is 19.3 Å². The standard InChI is InChI=1S/C11H16ClN3O2/c1-7(2)8(6-10(16)17)15(3)9-4-5-13-11(12)14-9/h4-5,7-8H,6H2,1-3H3,(H,16,17). The van der Waals surface area contributed by atoms with Crippen molar-refractivity contribution in [1.82, 2.24) is 9.97 Å². The molecule has 17 heavy (non-hydrogen) atoms. The van der Waals surface area contributed by atoms with Crippen LogP contribution in [-0.2, 0) is 4.79 Å². The summed E-state index contributed by atoms with van der Waals surface area (Å²) >= 11 is 5.71. The van der Waals surface area contributed by atoms with Crippen molar-refractivity contribution in [2.45, 2.75) is 26.3 Å². The van der Waals surface area contributed by atoms with Crippen molar-refractivity contribution in [1.29, 1.82) is 0 Å². The van der Waals surface area contributed by atoms with Crippen LogP contribution >= 0.6 is 11.6 Å². The minimum absolute atomic E-state index is 0.0653. The number of anilines is 1. The van der Waals surface area contributed by atoms with Gasteiger partial charge in [-0.05, 0) is 23.6 Å². The summed E-state index contributed by atoms with van der Waals surface area (Å²) in [4.78, 5) is 20.5. The highest BCUT2D eigenvalue weighted by Crippen LogP contribution is 2.20. The van der Waals surface area contributed by atoms with Crippen LogP contribution in [0.15, 0.2) is 12.3 Å². The second-order valence-corrected chi connectivity index (χ2v) is 4.54. The maximum Gasteiger partial charge on any atom is 0.305 e. The molecule has 6 heteroatoms. The Morgan fingerprint density at radius 2 is 2.24 bits per heavy atom. The number of carboxylic acids is 1. The van der Waals surface area contributed by atoms with Crippen LogP contribution in [0.4, 0.5) is 5.82 Å². The van der Waals surface area contributed by atoms with Gasteiger partial charge in [-0.15, -0.1) is 0 Å². The molecule has 1 N–H and O–H groups in total. The molecule has 1 rings (SSSR count). The van der Waals surface area contributed by atoms with E-state index in [1.165, 1.54) is 0 Å². The van der Waals surface area contributed by atoms with Crippen molar-refractivity contribution in [3.8, 4) is 0 Å². The lowest BCUT2D eigenvalue weighted by Gasteiger charge is -2.30. The van der Waals surface area contributed by atoms with Gasteiger partial charge in [-0.25, -0.2) is 9.97 Å². The van der Waals surface area contributed by atoms with Gasteiger partial charge in [0.25, 0.3) is 0 Å². The Morgan fingerprint density at radius 3 is 2.71 bits per heavy atom. The molecule has 0 spiro atoms. The quantitative estimate of drug-likeness (QED) is 0.818. The summed E-state index contributed by atoms with van der Waals surface area (Å²) in [6, 6.07) is 1.58. The number of carboxylic acid groups (broad SMARTS) is 1. The summed E-state index contributed by atoms with van der Waals surface area (Å²) in [7, 11) is 1.81. The van der Waals surface area contributed by atoms with Crippen molar-refractivity contribution >= 4 is 23.4 Å². The van der Waals surface area contributed by atoms with Crippen molar-refractivity contribution in [3.05, 3.63) is 17.5 Å². The zero-order valence-electron chi connectivity index (χ0n) is 10.1. The molecule has 0 aromatic carbocycles. The third-order valence-corrected chi connectivity index (χ3v) is 2.81. The van der Waals surface area contributed by atoms with Gasteiger partial charge in [-0.3, -0.25) is 4.79 Å². The van der Waals surface area contributed by atoms with Crippen LogP contribution in [0.1, 0.15) is 20.3 Å². The normalized spacial score (nSPS) is 12.5. The molecule has 0 saturated heterocycles. The number of halogens is 1. The maximum absolute atomic E-state index is 10.8. The van der Waals surface area contributed by atoms with E-state index < -0.39 is 5.97 Å². The fraction of sp³-hybridized carbons (Fsp3) is 0.545. The molecular weight excluding hydrogens is 242 g/mol. The lowest BCUT2D eigenvalue weighted by molar-refractivity contribution is -0.137. The van der Waals surface area contributed by atoms with Gasteiger partial charge in [-0.1, -0.05) is 13.8 Å². The molecule has 1 atom stereocenters. The van der Waals surface area contributed by atoms with Crippen molar-refractivity contribution < 1.29 is 9.90 Å². The molecule has 1 aromatic rings. The summed E-state index contributed by atoms with van der Waals surface area (Å²) < 4.78 is 0. The minimum Gasteiger partial charge on any atom is -0.481 e. The molecule has 0 fully saturated rings. The molecule has 1 aromatic heterocycles. The second kappa shape index (κ2) is 5.82. The van der Waals surface area contributed by atoms with Crippen LogP contribution in [-0.4, -0.2) is 34.1 Å². The summed E-state index contributed by atoms with van der Waals surface area (Å²) in [6.45, 7) is 3.96. The van der Waals surface area contributed by atoms with E-state index in [4.69, 9.17) is 16.7 Å². The zero-order chi connectivity index (χ0) is 13.0. The smallest absolute Gasteiger partial charge is 0.305 e. The third-order valence-electron chi connectivity index (χ3n) is 2.62. The highest BCUT2D eigenvalue weighted by molar-refractivity contribution is 6.28. The number of nitrogens with zero attached hydrogens (tertiary/aromatic N) is 3. The molecule has 5 nitrogen and oxygen atoms in total. The van der Waals surface area contributed by atoms with E-state index in [0.717, 1.165) is 0 Å². The molecule has 0 aliphatic rings. The molecule has 0 aliphatic carbocycles. The Balaban J connectivity index is 2.91. The molecule has 0 saturated carbocycles. The predicted molar refractivity (Wildman–Crippen MR) is 66.3 cm³/mol. The zero-order valence-corrected chi connectivity index (χ0v) is 10.8. The van der Waals surface area contributed by atoms with Gasteiger partial charge in [0.1, 0.15) is 5.82 Å². The van der Waals surface area contributed by atoms with E-state index in [1.54, 1.807) is 12.3 Å². The predicted octanol–water partition coefficient (Wildman–Crippen LogP) is 2.07. The topological polar surface area (TPSA) is 66.3 Å². The Bertz CT molecular complexity index is 398. The van der Waals surface area contributed by atoms with Gasteiger partial charge in [-0.2, -0.15) is 0 Å². The van der Waals surface area contributed by atoms with E-state index in [0.29, 0.717) is 5.82 Å². The maximum atomic E-state index is 10.8. The fourth-order valence-electron chi connectivity index (χ4n) is 1.69.